The van der Waals surface area contributed by atoms with Gasteiger partial charge >= 0.3 is 0 Å². The molecule has 0 spiro atoms. The molecule has 1 aliphatic carbocycles. The molecule has 2 rings (SSSR count). The molecule has 4 N–H and O–H groups in total. The van der Waals surface area contributed by atoms with E-state index in [0.717, 1.165) is 12.8 Å². The number of hydrazine groups is 1. The van der Waals surface area contributed by atoms with Crippen molar-refractivity contribution >= 4 is 0 Å². The fraction of sp³-hybridized carbons (Fsp3) is 0.400. The second-order valence-electron chi connectivity index (χ2n) is 3.46. The topological polar surface area (TPSA) is 50.1 Å². The summed E-state index contributed by atoms with van der Waals surface area (Å²) in [7, 11) is 0. The van der Waals surface area contributed by atoms with Crippen LogP contribution in [0.25, 0.3) is 0 Å². The first-order valence-electron chi connectivity index (χ1n) is 4.64. The van der Waals surface area contributed by atoms with Gasteiger partial charge in [0.15, 0.2) is 0 Å². The molecule has 0 saturated heterocycles. The minimum absolute atomic E-state index is 0.549. The van der Waals surface area contributed by atoms with Gasteiger partial charge in [0.25, 0.3) is 0 Å². The monoisotopic (exact) mass is 177 g/mol. The highest BCUT2D eigenvalue weighted by atomic mass is 15.3. The van der Waals surface area contributed by atoms with Crippen LogP contribution in [0.4, 0.5) is 0 Å². The van der Waals surface area contributed by atoms with Crippen LogP contribution in [0.3, 0.4) is 0 Å². The molecule has 0 saturated carbocycles. The Bertz CT molecular complexity index is 260. The molecular weight excluding hydrogens is 162 g/mol. The number of hydrogen-bond acceptors (Lipinski definition) is 3. The van der Waals surface area contributed by atoms with Gasteiger partial charge in [-0.05, 0) is 24.0 Å². The Kier molecular flexibility index (Phi) is 2.59. The fourth-order valence-electron chi connectivity index (χ4n) is 1.91. The fourth-order valence-corrected chi connectivity index (χ4v) is 1.91. The quantitative estimate of drug-likeness (QED) is 0.350. The van der Waals surface area contributed by atoms with Crippen LogP contribution >= 0.6 is 0 Å². The summed E-state index contributed by atoms with van der Waals surface area (Å²) < 4.78 is 0. The largest absolute Gasteiger partial charge is 0.300 e. The number of rotatable bonds is 3. The summed E-state index contributed by atoms with van der Waals surface area (Å²) in [5.74, 6) is 5.20. The van der Waals surface area contributed by atoms with Crippen LogP contribution in [0.15, 0.2) is 24.3 Å². The van der Waals surface area contributed by atoms with E-state index in [-0.39, 0.29) is 0 Å². The van der Waals surface area contributed by atoms with E-state index in [4.69, 9.17) is 5.84 Å². The lowest BCUT2D eigenvalue weighted by atomic mass is 10.1. The molecule has 1 aromatic rings. The first-order chi connectivity index (χ1) is 6.40. The average molecular weight is 177 g/mol. The Hall–Kier alpha value is -0.900. The molecule has 0 radical (unpaired) electrons. The van der Waals surface area contributed by atoms with Gasteiger partial charge in [0, 0.05) is 6.04 Å². The van der Waals surface area contributed by atoms with Crippen molar-refractivity contribution in [3.05, 3.63) is 35.4 Å². The smallest absolute Gasteiger partial charge is 0.0589 e. The molecule has 3 heteroatoms. The number of nitrogens with one attached hydrogen (secondary N) is 2. The molecule has 1 aliphatic rings. The zero-order chi connectivity index (χ0) is 9.10. The molecule has 0 heterocycles. The first-order valence-corrected chi connectivity index (χ1v) is 4.64. The van der Waals surface area contributed by atoms with Gasteiger partial charge in [-0.25, -0.2) is 5.43 Å². The average Bonchev–Trinajstić information content (AvgIpc) is 2.57. The second kappa shape index (κ2) is 3.87. The van der Waals surface area contributed by atoms with Crippen LogP contribution in [-0.2, 0) is 12.8 Å². The van der Waals surface area contributed by atoms with Gasteiger partial charge in [-0.2, -0.15) is 0 Å². The zero-order valence-corrected chi connectivity index (χ0v) is 7.59. The molecule has 3 nitrogen and oxygen atoms in total. The number of benzene rings is 1. The van der Waals surface area contributed by atoms with Crippen molar-refractivity contribution in [2.75, 3.05) is 6.67 Å². The Labute approximate surface area is 78.3 Å². The van der Waals surface area contributed by atoms with Crippen LogP contribution < -0.4 is 16.6 Å². The van der Waals surface area contributed by atoms with Crippen LogP contribution in [0.2, 0.25) is 0 Å². The van der Waals surface area contributed by atoms with E-state index >= 15 is 0 Å². The van der Waals surface area contributed by atoms with Gasteiger partial charge in [-0.1, -0.05) is 24.3 Å². The van der Waals surface area contributed by atoms with Crippen molar-refractivity contribution in [1.29, 1.82) is 0 Å². The number of hydrogen-bond donors (Lipinski definition) is 3. The van der Waals surface area contributed by atoms with E-state index in [9.17, 15) is 0 Å². The Morgan fingerprint density at radius 3 is 2.38 bits per heavy atom. The van der Waals surface area contributed by atoms with Crippen LogP contribution in [-0.4, -0.2) is 12.7 Å². The second-order valence-corrected chi connectivity index (χ2v) is 3.46. The van der Waals surface area contributed by atoms with Gasteiger partial charge in [-0.3, -0.25) is 5.84 Å². The number of fused-ring (bicyclic) bond motifs is 1. The molecule has 70 valence electrons. The van der Waals surface area contributed by atoms with Gasteiger partial charge in [-0.15, -0.1) is 0 Å². The minimum atomic E-state index is 0.549. The van der Waals surface area contributed by atoms with E-state index in [1.165, 1.54) is 11.1 Å². The highest BCUT2D eigenvalue weighted by molar-refractivity contribution is 5.33. The Morgan fingerprint density at radius 2 is 1.85 bits per heavy atom. The third-order valence-electron chi connectivity index (χ3n) is 2.54. The van der Waals surface area contributed by atoms with Crippen molar-refractivity contribution in [3.8, 4) is 0 Å². The Balaban J connectivity index is 1.97. The van der Waals surface area contributed by atoms with E-state index < -0.39 is 0 Å². The summed E-state index contributed by atoms with van der Waals surface area (Å²) in [6.45, 7) is 0.679. The van der Waals surface area contributed by atoms with Gasteiger partial charge in [0.2, 0.25) is 0 Å². The molecule has 1 aromatic carbocycles. The molecule has 0 aromatic heterocycles. The van der Waals surface area contributed by atoms with Crippen molar-refractivity contribution in [1.82, 2.24) is 10.7 Å². The summed E-state index contributed by atoms with van der Waals surface area (Å²) >= 11 is 0. The molecule has 0 unspecified atom stereocenters. The molecule has 0 fully saturated rings. The molecule has 13 heavy (non-hydrogen) atoms. The first kappa shape index (κ1) is 8.69. The van der Waals surface area contributed by atoms with E-state index in [1.54, 1.807) is 0 Å². The minimum Gasteiger partial charge on any atom is -0.300 e. The lowest BCUT2D eigenvalue weighted by Crippen LogP contribution is -2.40. The maximum absolute atomic E-state index is 5.20. The highest BCUT2D eigenvalue weighted by Gasteiger charge is 2.19. The molecular formula is C10H15N3. The maximum Gasteiger partial charge on any atom is 0.0589 e. The van der Waals surface area contributed by atoms with E-state index in [1.807, 2.05) is 0 Å². The highest BCUT2D eigenvalue weighted by Crippen LogP contribution is 2.21. The number of nitrogens with two attached hydrogens (primary N) is 1. The predicted molar refractivity (Wildman–Crippen MR) is 53.0 cm³/mol. The molecule has 0 aliphatic heterocycles. The summed E-state index contributed by atoms with van der Waals surface area (Å²) in [6, 6.07) is 9.15. The van der Waals surface area contributed by atoms with Gasteiger partial charge in [0.1, 0.15) is 0 Å². The normalized spacial score (nSPS) is 16.1. The molecule has 0 bridgehead atoms. The lowest BCUT2D eigenvalue weighted by Gasteiger charge is -2.10. The van der Waals surface area contributed by atoms with Crippen molar-refractivity contribution < 1.29 is 0 Å². The summed E-state index contributed by atoms with van der Waals surface area (Å²) in [6.07, 6.45) is 2.25. The zero-order valence-electron chi connectivity index (χ0n) is 7.59. The standard InChI is InChI=1S/C10H15N3/c11-13-7-12-10-5-8-3-1-2-4-9(8)6-10/h1-4,10,12-13H,5-7,11H2. The van der Waals surface area contributed by atoms with Crippen LogP contribution in [0.1, 0.15) is 11.1 Å². The third-order valence-corrected chi connectivity index (χ3v) is 2.54. The van der Waals surface area contributed by atoms with Crippen molar-refractivity contribution in [3.63, 3.8) is 0 Å². The van der Waals surface area contributed by atoms with Crippen molar-refractivity contribution in [2.45, 2.75) is 18.9 Å². The van der Waals surface area contributed by atoms with Gasteiger partial charge < -0.3 is 5.32 Å². The summed E-state index contributed by atoms with van der Waals surface area (Å²) in [4.78, 5) is 0. The Morgan fingerprint density at radius 1 is 1.23 bits per heavy atom. The maximum atomic E-state index is 5.20. The van der Waals surface area contributed by atoms with Gasteiger partial charge in [0.05, 0.1) is 6.67 Å². The predicted octanol–water partition coefficient (Wildman–Crippen LogP) is 0.164. The molecule has 0 atom stereocenters. The molecule has 0 amide bonds. The lowest BCUT2D eigenvalue weighted by molar-refractivity contribution is 0.498. The van der Waals surface area contributed by atoms with Crippen LogP contribution in [0.5, 0.6) is 0 Å². The summed E-state index contributed by atoms with van der Waals surface area (Å²) in [5, 5.41) is 3.34. The summed E-state index contributed by atoms with van der Waals surface area (Å²) in [5.41, 5.74) is 5.55. The van der Waals surface area contributed by atoms with E-state index in [2.05, 4.69) is 35.0 Å². The van der Waals surface area contributed by atoms with Crippen LogP contribution in [0, 0.1) is 0 Å². The SMILES string of the molecule is NNCNC1Cc2ccccc2C1. The third kappa shape index (κ3) is 1.88. The van der Waals surface area contributed by atoms with Crippen molar-refractivity contribution in [2.24, 2.45) is 5.84 Å². The van der Waals surface area contributed by atoms with E-state index in [0.29, 0.717) is 12.7 Å².